The van der Waals surface area contributed by atoms with E-state index < -0.39 is 17.7 Å². The highest BCUT2D eigenvalue weighted by Gasteiger charge is 2.26. The number of methoxy groups -OCH3 is 1. The minimum absolute atomic E-state index is 0.0679. The summed E-state index contributed by atoms with van der Waals surface area (Å²) in [5.74, 6) is -2.17. The van der Waals surface area contributed by atoms with Crippen molar-refractivity contribution in [3.05, 3.63) is 56.7 Å². The van der Waals surface area contributed by atoms with Gasteiger partial charge in [0, 0.05) is 25.7 Å². The summed E-state index contributed by atoms with van der Waals surface area (Å²) in [5, 5.41) is 2.87. The number of benzene rings is 1. The quantitative estimate of drug-likeness (QED) is 0.581. The fraction of sp³-hybridized carbons (Fsp3) is 0.211. The van der Waals surface area contributed by atoms with Gasteiger partial charge in [0.25, 0.3) is 5.91 Å². The molecule has 0 bridgehead atoms. The topological polar surface area (TPSA) is 75.7 Å². The molecule has 0 radical (unpaired) electrons. The zero-order valence-electron chi connectivity index (χ0n) is 15.6. The van der Waals surface area contributed by atoms with Gasteiger partial charge in [-0.15, -0.1) is 11.3 Å². The van der Waals surface area contributed by atoms with E-state index in [0.29, 0.717) is 10.4 Å². The first-order valence-corrected chi connectivity index (χ1v) is 9.23. The molecule has 0 aliphatic heterocycles. The number of nitrogens with one attached hydrogen (secondary N) is 1. The van der Waals surface area contributed by atoms with E-state index in [9.17, 15) is 18.8 Å². The summed E-state index contributed by atoms with van der Waals surface area (Å²) in [4.78, 5) is 38.4. The molecule has 0 fully saturated rings. The molecule has 0 atom stereocenters. The Kier molecular flexibility index (Phi) is 6.93. The smallest absolute Gasteiger partial charge is 0.341 e. The van der Waals surface area contributed by atoms with Crippen LogP contribution in [-0.4, -0.2) is 43.9 Å². The van der Waals surface area contributed by atoms with Crippen LogP contribution in [0.3, 0.4) is 0 Å². The highest BCUT2D eigenvalue weighted by molar-refractivity contribution is 7.18. The summed E-state index contributed by atoms with van der Waals surface area (Å²) >= 11 is 6.89. The summed E-state index contributed by atoms with van der Waals surface area (Å²) in [5.41, 5.74) is 0.577. The Balaban J connectivity index is 2.35. The number of esters is 1. The van der Waals surface area contributed by atoms with Crippen LogP contribution >= 0.6 is 22.9 Å². The van der Waals surface area contributed by atoms with Gasteiger partial charge in [-0.2, -0.15) is 0 Å². The largest absolute Gasteiger partial charge is 0.465 e. The Morgan fingerprint density at radius 2 is 1.96 bits per heavy atom. The fourth-order valence-electron chi connectivity index (χ4n) is 2.34. The predicted octanol–water partition coefficient (Wildman–Crippen LogP) is 3.99. The van der Waals surface area contributed by atoms with Crippen LogP contribution in [0.1, 0.15) is 31.2 Å². The molecule has 0 saturated heterocycles. The Labute approximate surface area is 170 Å². The number of rotatable bonds is 5. The average molecular weight is 425 g/mol. The molecule has 6 nitrogen and oxygen atoms in total. The third-order valence-electron chi connectivity index (χ3n) is 3.77. The molecule has 2 rings (SSSR count). The van der Waals surface area contributed by atoms with Gasteiger partial charge < -0.3 is 15.0 Å². The standard InChI is InChI=1S/C19H18ClFN2O4S/c1-10-15(19(26)27-4)17(28-16(10)18(25)23(2)3)22-14(24)9-8-11-12(20)6-5-7-13(11)21/h5-9H,1-4H3,(H,22,24)/b9-8+. The summed E-state index contributed by atoms with van der Waals surface area (Å²) in [7, 11) is 4.37. The summed E-state index contributed by atoms with van der Waals surface area (Å²) in [6, 6.07) is 4.18. The van der Waals surface area contributed by atoms with Gasteiger partial charge in [0.1, 0.15) is 10.8 Å². The SMILES string of the molecule is COC(=O)c1c(NC(=O)/C=C/c2c(F)cccc2Cl)sc(C(=O)N(C)C)c1C. The highest BCUT2D eigenvalue weighted by Crippen LogP contribution is 2.34. The zero-order valence-corrected chi connectivity index (χ0v) is 17.2. The average Bonchev–Trinajstić information content (AvgIpc) is 2.95. The number of carbonyl (C=O) groups excluding carboxylic acids is 3. The lowest BCUT2D eigenvalue weighted by atomic mass is 10.1. The molecule has 0 aliphatic carbocycles. The molecule has 1 N–H and O–H groups in total. The van der Waals surface area contributed by atoms with E-state index in [4.69, 9.17) is 16.3 Å². The zero-order chi connectivity index (χ0) is 21.0. The molecule has 0 saturated carbocycles. The van der Waals surface area contributed by atoms with Gasteiger partial charge in [0.15, 0.2) is 0 Å². The van der Waals surface area contributed by atoms with Gasteiger partial charge in [0.05, 0.1) is 22.6 Å². The number of halogens is 2. The molecule has 0 aliphatic rings. The number of thiophene rings is 1. The van der Waals surface area contributed by atoms with Crippen LogP contribution in [0, 0.1) is 12.7 Å². The van der Waals surface area contributed by atoms with Crippen LogP contribution in [0.5, 0.6) is 0 Å². The van der Waals surface area contributed by atoms with E-state index >= 15 is 0 Å². The molecule has 148 valence electrons. The van der Waals surface area contributed by atoms with Crippen LogP contribution in [0.25, 0.3) is 6.08 Å². The van der Waals surface area contributed by atoms with Crippen molar-refractivity contribution >= 4 is 51.8 Å². The predicted molar refractivity (Wildman–Crippen MR) is 107 cm³/mol. The van der Waals surface area contributed by atoms with E-state index in [1.54, 1.807) is 21.0 Å². The Morgan fingerprint density at radius 1 is 1.29 bits per heavy atom. The van der Waals surface area contributed by atoms with Gasteiger partial charge in [-0.3, -0.25) is 9.59 Å². The molecular weight excluding hydrogens is 407 g/mol. The van der Waals surface area contributed by atoms with Crippen LogP contribution in [0.15, 0.2) is 24.3 Å². The number of nitrogens with zero attached hydrogens (tertiary/aromatic N) is 1. The van der Waals surface area contributed by atoms with Crippen LogP contribution in [0.2, 0.25) is 5.02 Å². The highest BCUT2D eigenvalue weighted by atomic mass is 35.5. The van der Waals surface area contributed by atoms with Gasteiger partial charge in [-0.1, -0.05) is 17.7 Å². The van der Waals surface area contributed by atoms with Crippen LogP contribution < -0.4 is 5.32 Å². The molecule has 0 unspecified atom stereocenters. The first kappa shape index (κ1) is 21.6. The minimum atomic E-state index is -0.678. The van der Waals surface area contributed by atoms with Crippen molar-refractivity contribution in [2.45, 2.75) is 6.92 Å². The van der Waals surface area contributed by atoms with E-state index in [0.717, 1.165) is 17.4 Å². The molecule has 28 heavy (non-hydrogen) atoms. The van der Waals surface area contributed by atoms with E-state index in [1.807, 2.05) is 0 Å². The van der Waals surface area contributed by atoms with Gasteiger partial charge >= 0.3 is 5.97 Å². The first-order valence-electron chi connectivity index (χ1n) is 8.03. The summed E-state index contributed by atoms with van der Waals surface area (Å²) in [6.07, 6.45) is 2.32. The molecule has 2 aromatic rings. The van der Waals surface area contributed by atoms with Crippen LogP contribution in [-0.2, 0) is 9.53 Å². The molecule has 0 spiro atoms. The van der Waals surface area contributed by atoms with Gasteiger partial charge in [-0.25, -0.2) is 9.18 Å². The maximum Gasteiger partial charge on any atom is 0.341 e. The minimum Gasteiger partial charge on any atom is -0.465 e. The number of hydrogen-bond donors (Lipinski definition) is 1. The van der Waals surface area contributed by atoms with Crippen molar-refractivity contribution in [2.24, 2.45) is 0 Å². The number of amides is 2. The van der Waals surface area contributed by atoms with Gasteiger partial charge in [0.2, 0.25) is 5.91 Å². The summed E-state index contributed by atoms with van der Waals surface area (Å²) < 4.78 is 18.6. The lowest BCUT2D eigenvalue weighted by Gasteiger charge is -2.08. The first-order chi connectivity index (χ1) is 13.2. The number of hydrogen-bond acceptors (Lipinski definition) is 5. The van der Waals surface area contributed by atoms with Crippen LogP contribution in [0.4, 0.5) is 9.39 Å². The second kappa shape index (κ2) is 8.99. The third-order valence-corrected chi connectivity index (χ3v) is 5.30. The van der Waals surface area contributed by atoms with Crippen molar-refractivity contribution in [2.75, 3.05) is 26.5 Å². The van der Waals surface area contributed by atoms with E-state index in [2.05, 4.69) is 5.32 Å². The van der Waals surface area contributed by atoms with Crippen molar-refractivity contribution in [1.29, 1.82) is 0 Å². The Hall–Kier alpha value is -2.71. The molecule has 2 amide bonds. The fourth-order valence-corrected chi connectivity index (χ4v) is 3.78. The Bertz CT molecular complexity index is 949. The number of anilines is 1. The third kappa shape index (κ3) is 4.58. The maximum absolute atomic E-state index is 13.8. The van der Waals surface area contributed by atoms with Crippen molar-refractivity contribution in [3.8, 4) is 0 Å². The van der Waals surface area contributed by atoms with E-state index in [1.165, 1.54) is 36.3 Å². The van der Waals surface area contributed by atoms with Crippen molar-refractivity contribution in [3.63, 3.8) is 0 Å². The molecule has 1 heterocycles. The van der Waals surface area contributed by atoms with Crippen molar-refractivity contribution < 1.29 is 23.5 Å². The summed E-state index contributed by atoms with van der Waals surface area (Å²) in [6.45, 7) is 1.60. The van der Waals surface area contributed by atoms with Crippen molar-refractivity contribution in [1.82, 2.24) is 4.90 Å². The van der Waals surface area contributed by atoms with Gasteiger partial charge in [-0.05, 0) is 30.7 Å². The molecular formula is C19H18ClFN2O4S. The lowest BCUT2D eigenvalue weighted by Crippen LogP contribution is -2.21. The van der Waals surface area contributed by atoms with E-state index in [-0.39, 0.29) is 27.1 Å². The maximum atomic E-state index is 13.8. The lowest BCUT2D eigenvalue weighted by molar-refractivity contribution is -0.111. The number of ether oxygens (including phenoxy) is 1. The normalized spacial score (nSPS) is 10.8. The molecule has 1 aromatic heterocycles. The number of carbonyl (C=O) groups is 3. The second-order valence-electron chi connectivity index (χ2n) is 5.91. The monoisotopic (exact) mass is 424 g/mol. The molecule has 1 aromatic carbocycles. The Morgan fingerprint density at radius 3 is 2.54 bits per heavy atom. The molecule has 9 heteroatoms. The second-order valence-corrected chi connectivity index (χ2v) is 7.34.